The molecular weight excluding hydrogens is 410 g/mol. The molecule has 0 aliphatic carbocycles. The van der Waals surface area contributed by atoms with Crippen molar-refractivity contribution < 1.29 is 9.59 Å². The van der Waals surface area contributed by atoms with Gasteiger partial charge in [0.05, 0.1) is 16.9 Å². The fourth-order valence-electron chi connectivity index (χ4n) is 2.52. The predicted molar refractivity (Wildman–Crippen MR) is 120 cm³/mol. The van der Waals surface area contributed by atoms with Crippen LogP contribution in [0.3, 0.4) is 0 Å². The summed E-state index contributed by atoms with van der Waals surface area (Å²) in [6.45, 7) is 0. The quantitative estimate of drug-likeness (QED) is 0.563. The number of carbonyl (C=O) groups excluding carboxylic acids is 2. The number of benzene rings is 2. The van der Waals surface area contributed by atoms with Gasteiger partial charge in [0.25, 0.3) is 0 Å². The normalized spacial score (nSPS) is 18.0. The molecule has 1 saturated heterocycles. The molecule has 0 aromatic heterocycles. The summed E-state index contributed by atoms with van der Waals surface area (Å²) in [6.07, 6.45) is 1.64. The number of nitrogens with one attached hydrogen (secondary N) is 2. The molecule has 0 bridgehead atoms. The van der Waals surface area contributed by atoms with Crippen LogP contribution in [0.2, 0.25) is 5.02 Å². The second-order valence-electron chi connectivity index (χ2n) is 6.46. The number of nitrogens with zero attached hydrogens (tertiary/aromatic N) is 3. The van der Waals surface area contributed by atoms with E-state index in [0.29, 0.717) is 10.7 Å². The summed E-state index contributed by atoms with van der Waals surface area (Å²) < 4.78 is 0. The van der Waals surface area contributed by atoms with Gasteiger partial charge in [0.15, 0.2) is 5.17 Å². The van der Waals surface area contributed by atoms with Gasteiger partial charge in [-0.25, -0.2) is 0 Å². The van der Waals surface area contributed by atoms with E-state index in [9.17, 15) is 9.59 Å². The lowest BCUT2D eigenvalue weighted by molar-refractivity contribution is -0.123. The van der Waals surface area contributed by atoms with Crippen molar-refractivity contribution in [3.05, 3.63) is 59.1 Å². The van der Waals surface area contributed by atoms with E-state index in [1.165, 1.54) is 0 Å². The number of halogens is 1. The molecule has 1 aliphatic rings. The Morgan fingerprint density at radius 3 is 2.66 bits per heavy atom. The van der Waals surface area contributed by atoms with Gasteiger partial charge in [-0.05, 0) is 29.8 Å². The van der Waals surface area contributed by atoms with Crippen LogP contribution in [0.25, 0.3) is 0 Å². The zero-order valence-corrected chi connectivity index (χ0v) is 17.5. The van der Waals surface area contributed by atoms with Gasteiger partial charge in [0.1, 0.15) is 5.25 Å². The standard InChI is InChI=1S/C20H20ClN5O2S/c1-26(2)14-9-7-13(8-10-14)12-22-25-20-24-18(27)11-17(29-20)19(28)23-16-6-4-3-5-15(16)21/h3-10,12,17H,11H2,1-2H3,(H,23,28)(H,24,25,27)/b22-12-/t17-/m0/s1. The van der Waals surface area contributed by atoms with Gasteiger partial charge in [-0.3, -0.25) is 9.59 Å². The van der Waals surface area contributed by atoms with E-state index in [2.05, 4.69) is 20.8 Å². The number of hydrogen-bond donors (Lipinski definition) is 2. The van der Waals surface area contributed by atoms with Crippen LogP contribution in [0.4, 0.5) is 11.4 Å². The first-order valence-corrected chi connectivity index (χ1v) is 10.1. The summed E-state index contributed by atoms with van der Waals surface area (Å²) in [5, 5.41) is 13.6. The highest BCUT2D eigenvalue weighted by Gasteiger charge is 2.30. The highest BCUT2D eigenvalue weighted by atomic mass is 35.5. The molecule has 1 atom stereocenters. The van der Waals surface area contributed by atoms with Crippen LogP contribution >= 0.6 is 23.4 Å². The van der Waals surface area contributed by atoms with E-state index in [-0.39, 0.29) is 23.4 Å². The van der Waals surface area contributed by atoms with Gasteiger partial charge in [0.2, 0.25) is 11.8 Å². The van der Waals surface area contributed by atoms with E-state index in [4.69, 9.17) is 11.6 Å². The van der Waals surface area contributed by atoms with Crippen LogP contribution in [0.1, 0.15) is 12.0 Å². The summed E-state index contributed by atoms with van der Waals surface area (Å²) in [4.78, 5) is 26.5. The lowest BCUT2D eigenvalue weighted by Gasteiger charge is -2.21. The van der Waals surface area contributed by atoms with Crippen LogP contribution < -0.4 is 15.5 Å². The number of hydrogen-bond acceptors (Lipinski definition) is 6. The van der Waals surface area contributed by atoms with Crippen LogP contribution in [0.15, 0.2) is 58.7 Å². The van der Waals surface area contributed by atoms with E-state index < -0.39 is 5.25 Å². The minimum absolute atomic E-state index is 0.0513. The molecule has 1 heterocycles. The molecule has 1 aliphatic heterocycles. The Morgan fingerprint density at radius 2 is 1.97 bits per heavy atom. The Labute approximate surface area is 178 Å². The van der Waals surface area contributed by atoms with Gasteiger partial charge < -0.3 is 15.5 Å². The second-order valence-corrected chi connectivity index (χ2v) is 8.06. The number of carbonyl (C=O) groups is 2. The number of amidine groups is 1. The molecular formula is C20H20ClN5O2S. The first kappa shape index (κ1) is 20.9. The summed E-state index contributed by atoms with van der Waals surface area (Å²) in [5.41, 5.74) is 2.46. The maximum Gasteiger partial charge on any atom is 0.238 e. The first-order chi connectivity index (χ1) is 13.9. The molecule has 9 heteroatoms. The van der Waals surface area contributed by atoms with Crippen molar-refractivity contribution >= 4 is 57.9 Å². The van der Waals surface area contributed by atoms with Crippen LogP contribution in [-0.4, -0.2) is 42.5 Å². The van der Waals surface area contributed by atoms with Gasteiger partial charge in [0, 0.05) is 26.2 Å². The molecule has 2 amide bonds. The monoisotopic (exact) mass is 429 g/mol. The van der Waals surface area contributed by atoms with Gasteiger partial charge in [-0.2, -0.15) is 5.10 Å². The average Bonchev–Trinajstić information content (AvgIpc) is 2.69. The highest BCUT2D eigenvalue weighted by molar-refractivity contribution is 8.15. The molecule has 2 N–H and O–H groups in total. The molecule has 0 saturated carbocycles. The average molecular weight is 430 g/mol. The summed E-state index contributed by atoms with van der Waals surface area (Å²) in [5.74, 6) is -0.596. The van der Waals surface area contributed by atoms with Gasteiger partial charge >= 0.3 is 0 Å². The minimum Gasteiger partial charge on any atom is -0.378 e. The van der Waals surface area contributed by atoms with Crippen molar-refractivity contribution in [1.82, 2.24) is 5.32 Å². The Morgan fingerprint density at radius 1 is 1.24 bits per heavy atom. The van der Waals surface area contributed by atoms with Gasteiger partial charge in [-0.15, -0.1) is 5.10 Å². The predicted octanol–water partition coefficient (Wildman–Crippen LogP) is 3.36. The number of amides is 2. The number of anilines is 2. The fourth-order valence-corrected chi connectivity index (χ4v) is 3.64. The fraction of sp³-hybridized carbons (Fsp3) is 0.200. The maximum atomic E-state index is 12.5. The van der Waals surface area contributed by atoms with E-state index in [1.54, 1.807) is 30.5 Å². The summed E-state index contributed by atoms with van der Waals surface area (Å²) in [7, 11) is 3.94. The summed E-state index contributed by atoms with van der Waals surface area (Å²) in [6, 6.07) is 14.7. The van der Waals surface area contributed by atoms with Crippen molar-refractivity contribution in [2.75, 3.05) is 24.3 Å². The van der Waals surface area contributed by atoms with Crippen LogP contribution in [-0.2, 0) is 9.59 Å². The largest absolute Gasteiger partial charge is 0.378 e. The SMILES string of the molecule is CN(C)c1ccc(/C=N\N=C2/NC(=O)C[C@@H](C(=O)Nc3ccccc3Cl)S2)cc1. The summed E-state index contributed by atoms with van der Waals surface area (Å²) >= 11 is 7.22. The van der Waals surface area contributed by atoms with Crippen molar-refractivity contribution in [3.8, 4) is 0 Å². The molecule has 2 aromatic carbocycles. The highest BCUT2D eigenvalue weighted by Crippen LogP contribution is 2.25. The van der Waals surface area contributed by atoms with Gasteiger partial charge in [-0.1, -0.05) is 47.6 Å². The third-order valence-electron chi connectivity index (χ3n) is 4.06. The molecule has 0 spiro atoms. The van der Waals surface area contributed by atoms with E-state index >= 15 is 0 Å². The Hall–Kier alpha value is -2.84. The Balaban J connectivity index is 1.64. The Kier molecular flexibility index (Phi) is 6.90. The lowest BCUT2D eigenvalue weighted by atomic mass is 10.2. The topological polar surface area (TPSA) is 86.2 Å². The van der Waals surface area contributed by atoms with Crippen molar-refractivity contribution in [2.24, 2.45) is 10.2 Å². The number of rotatable bonds is 5. The van der Waals surface area contributed by atoms with Crippen molar-refractivity contribution in [2.45, 2.75) is 11.7 Å². The van der Waals surface area contributed by atoms with E-state index in [1.807, 2.05) is 43.3 Å². The smallest absolute Gasteiger partial charge is 0.238 e. The number of thioether (sulfide) groups is 1. The van der Waals surface area contributed by atoms with Crippen LogP contribution in [0.5, 0.6) is 0 Å². The molecule has 0 radical (unpaired) electrons. The number of para-hydroxylation sites is 1. The molecule has 3 rings (SSSR count). The molecule has 1 fully saturated rings. The Bertz CT molecular complexity index is 960. The zero-order chi connectivity index (χ0) is 20.8. The third kappa shape index (κ3) is 5.82. The molecule has 0 unspecified atom stereocenters. The van der Waals surface area contributed by atoms with Crippen LogP contribution in [0, 0.1) is 0 Å². The van der Waals surface area contributed by atoms with Crippen molar-refractivity contribution in [3.63, 3.8) is 0 Å². The van der Waals surface area contributed by atoms with Crippen molar-refractivity contribution in [1.29, 1.82) is 0 Å². The lowest BCUT2D eigenvalue weighted by Crippen LogP contribution is -2.41. The first-order valence-electron chi connectivity index (χ1n) is 8.82. The minimum atomic E-state index is -0.617. The molecule has 2 aromatic rings. The van der Waals surface area contributed by atoms with E-state index in [0.717, 1.165) is 23.0 Å². The second kappa shape index (κ2) is 9.58. The maximum absolute atomic E-state index is 12.5. The molecule has 150 valence electrons. The molecule has 7 nitrogen and oxygen atoms in total. The third-order valence-corrected chi connectivity index (χ3v) is 5.46. The molecule has 29 heavy (non-hydrogen) atoms. The zero-order valence-electron chi connectivity index (χ0n) is 15.9.